The topological polar surface area (TPSA) is 62.2 Å². The van der Waals surface area contributed by atoms with Crippen LogP contribution in [0.2, 0.25) is 0 Å². The van der Waals surface area contributed by atoms with Crippen LogP contribution in [0.5, 0.6) is 0 Å². The van der Waals surface area contributed by atoms with Gasteiger partial charge in [-0.3, -0.25) is 0 Å². The van der Waals surface area contributed by atoms with E-state index in [0.29, 0.717) is 5.56 Å². The van der Waals surface area contributed by atoms with Gasteiger partial charge in [-0.05, 0) is 29.8 Å². The number of aromatic carboxylic acids is 1. The summed E-state index contributed by atoms with van der Waals surface area (Å²) in [6.45, 7) is 0.263. The number of carboxylic acid groups (broad SMARTS) is 1. The summed E-state index contributed by atoms with van der Waals surface area (Å²) in [5, 5.41) is 11.7. The Kier molecular flexibility index (Phi) is 4.11. The lowest BCUT2D eigenvalue weighted by Gasteiger charge is -2.09. The molecule has 1 aromatic heterocycles. The first-order valence-electron chi connectivity index (χ1n) is 5.95. The molecule has 0 atom stereocenters. The normalized spacial score (nSPS) is 11.2. The molecule has 0 spiro atoms. The van der Waals surface area contributed by atoms with Crippen LogP contribution in [-0.4, -0.2) is 16.1 Å². The molecule has 2 aromatic rings. The minimum atomic E-state index is -4.42. The average Bonchev–Trinajstić information content (AvgIpc) is 2.45. The molecule has 1 aromatic carbocycles. The maximum absolute atomic E-state index is 12.4. The van der Waals surface area contributed by atoms with Crippen LogP contribution in [-0.2, 0) is 12.7 Å². The van der Waals surface area contributed by atoms with Gasteiger partial charge in [-0.1, -0.05) is 12.1 Å². The summed E-state index contributed by atoms with van der Waals surface area (Å²) in [4.78, 5) is 14.5. The number of carboxylic acids is 1. The van der Waals surface area contributed by atoms with E-state index in [4.69, 9.17) is 5.11 Å². The van der Waals surface area contributed by atoms with Crippen molar-refractivity contribution >= 4 is 11.8 Å². The van der Waals surface area contributed by atoms with Crippen molar-refractivity contribution in [3.63, 3.8) is 0 Å². The molecule has 0 bridgehead atoms. The van der Waals surface area contributed by atoms with Gasteiger partial charge in [0.2, 0.25) is 0 Å². The first-order valence-corrected chi connectivity index (χ1v) is 5.95. The number of benzene rings is 1. The first-order chi connectivity index (χ1) is 9.86. The Hall–Kier alpha value is -2.57. The van der Waals surface area contributed by atoms with Gasteiger partial charge in [0.05, 0.1) is 11.1 Å². The Morgan fingerprint density at radius 3 is 2.57 bits per heavy atom. The summed E-state index contributed by atoms with van der Waals surface area (Å²) < 4.78 is 37.1. The number of pyridine rings is 1. The highest BCUT2D eigenvalue weighted by atomic mass is 19.4. The number of anilines is 1. The molecule has 110 valence electrons. The van der Waals surface area contributed by atoms with E-state index in [-0.39, 0.29) is 17.9 Å². The van der Waals surface area contributed by atoms with Crippen molar-refractivity contribution in [2.24, 2.45) is 0 Å². The summed E-state index contributed by atoms with van der Waals surface area (Å²) in [6, 6.07) is 8.42. The standard InChI is InChI=1S/C14H11F3N2O2/c15-14(16,17)11-4-5-12(19-8-11)18-7-9-2-1-3-10(6-9)13(20)21/h1-6,8H,7H2,(H,18,19)(H,20,21). The number of hydrogen-bond acceptors (Lipinski definition) is 3. The maximum Gasteiger partial charge on any atom is 0.417 e. The quantitative estimate of drug-likeness (QED) is 0.907. The maximum atomic E-state index is 12.4. The van der Waals surface area contributed by atoms with Crippen molar-refractivity contribution in [1.82, 2.24) is 4.98 Å². The molecule has 0 aliphatic heterocycles. The third-order valence-electron chi connectivity index (χ3n) is 2.74. The van der Waals surface area contributed by atoms with Gasteiger partial charge in [0.15, 0.2) is 0 Å². The van der Waals surface area contributed by atoms with Gasteiger partial charge in [-0.25, -0.2) is 9.78 Å². The lowest BCUT2D eigenvalue weighted by molar-refractivity contribution is -0.137. The Morgan fingerprint density at radius 2 is 2.00 bits per heavy atom. The van der Waals surface area contributed by atoms with E-state index in [0.717, 1.165) is 12.3 Å². The molecule has 0 aliphatic carbocycles. The number of rotatable bonds is 4. The molecule has 2 N–H and O–H groups in total. The van der Waals surface area contributed by atoms with Crippen molar-refractivity contribution in [2.45, 2.75) is 12.7 Å². The molecule has 7 heteroatoms. The Labute approximate surface area is 118 Å². The zero-order valence-electron chi connectivity index (χ0n) is 10.7. The lowest BCUT2D eigenvalue weighted by Crippen LogP contribution is -2.07. The molecule has 0 radical (unpaired) electrons. The molecule has 0 amide bonds. The van der Waals surface area contributed by atoms with Crippen LogP contribution in [0.4, 0.5) is 19.0 Å². The average molecular weight is 296 g/mol. The number of alkyl halides is 3. The molecule has 2 rings (SSSR count). The molecular weight excluding hydrogens is 285 g/mol. The molecule has 0 fully saturated rings. The highest BCUT2D eigenvalue weighted by molar-refractivity contribution is 5.87. The van der Waals surface area contributed by atoms with Crippen LogP contribution in [0.15, 0.2) is 42.6 Å². The van der Waals surface area contributed by atoms with Crippen LogP contribution in [0, 0.1) is 0 Å². The summed E-state index contributed by atoms with van der Waals surface area (Å²) >= 11 is 0. The molecule has 0 saturated carbocycles. The fourth-order valence-electron chi connectivity index (χ4n) is 1.67. The SMILES string of the molecule is O=C(O)c1cccc(CNc2ccc(C(F)(F)F)cn2)c1. The van der Waals surface area contributed by atoms with E-state index in [9.17, 15) is 18.0 Å². The predicted molar refractivity (Wildman–Crippen MR) is 70.0 cm³/mol. The largest absolute Gasteiger partial charge is 0.478 e. The third-order valence-corrected chi connectivity index (χ3v) is 2.74. The lowest BCUT2D eigenvalue weighted by atomic mass is 10.1. The van der Waals surface area contributed by atoms with Crippen molar-refractivity contribution in [2.75, 3.05) is 5.32 Å². The van der Waals surface area contributed by atoms with Crippen molar-refractivity contribution < 1.29 is 23.1 Å². The van der Waals surface area contributed by atoms with Crippen molar-refractivity contribution in [3.8, 4) is 0 Å². The summed E-state index contributed by atoms with van der Waals surface area (Å²) in [5.74, 6) is -0.756. The number of nitrogens with one attached hydrogen (secondary N) is 1. The van der Waals surface area contributed by atoms with Crippen molar-refractivity contribution in [3.05, 3.63) is 59.3 Å². The first kappa shape index (κ1) is 14.8. The van der Waals surface area contributed by atoms with E-state index in [2.05, 4.69) is 10.3 Å². The zero-order chi connectivity index (χ0) is 15.5. The van der Waals surface area contributed by atoms with Gasteiger partial charge in [-0.15, -0.1) is 0 Å². The van der Waals surface area contributed by atoms with Gasteiger partial charge in [0.25, 0.3) is 0 Å². The van der Waals surface area contributed by atoms with Gasteiger partial charge < -0.3 is 10.4 Å². The molecule has 4 nitrogen and oxygen atoms in total. The molecule has 0 aliphatic rings. The smallest absolute Gasteiger partial charge is 0.417 e. The second-order valence-corrected chi connectivity index (χ2v) is 4.29. The minimum Gasteiger partial charge on any atom is -0.478 e. The van der Waals surface area contributed by atoms with E-state index < -0.39 is 17.7 Å². The number of aromatic nitrogens is 1. The van der Waals surface area contributed by atoms with Gasteiger partial charge in [-0.2, -0.15) is 13.2 Å². The predicted octanol–water partition coefficient (Wildman–Crippen LogP) is 3.41. The van der Waals surface area contributed by atoms with Gasteiger partial charge in [0.1, 0.15) is 5.82 Å². The Bertz CT molecular complexity index is 639. The number of nitrogens with zero attached hydrogens (tertiary/aromatic N) is 1. The zero-order valence-corrected chi connectivity index (χ0v) is 10.7. The number of hydrogen-bond donors (Lipinski definition) is 2. The Morgan fingerprint density at radius 1 is 1.24 bits per heavy atom. The Balaban J connectivity index is 2.03. The fraction of sp³-hybridized carbons (Fsp3) is 0.143. The van der Waals surface area contributed by atoms with Gasteiger partial charge in [0, 0.05) is 12.7 Å². The molecule has 21 heavy (non-hydrogen) atoms. The van der Waals surface area contributed by atoms with Crippen LogP contribution in [0.1, 0.15) is 21.5 Å². The second-order valence-electron chi connectivity index (χ2n) is 4.29. The summed E-state index contributed by atoms with van der Waals surface area (Å²) in [6.07, 6.45) is -3.67. The summed E-state index contributed by atoms with van der Waals surface area (Å²) in [5.41, 5.74) is 0.0206. The molecular formula is C14H11F3N2O2. The van der Waals surface area contributed by atoms with Crippen molar-refractivity contribution in [1.29, 1.82) is 0 Å². The van der Waals surface area contributed by atoms with Crippen LogP contribution >= 0.6 is 0 Å². The highest BCUT2D eigenvalue weighted by Gasteiger charge is 2.30. The van der Waals surface area contributed by atoms with Crippen LogP contribution in [0.3, 0.4) is 0 Å². The molecule has 0 unspecified atom stereocenters. The number of halogens is 3. The monoisotopic (exact) mass is 296 g/mol. The second kappa shape index (κ2) is 5.82. The van der Waals surface area contributed by atoms with E-state index in [1.807, 2.05) is 0 Å². The van der Waals surface area contributed by atoms with Gasteiger partial charge >= 0.3 is 12.1 Å². The highest BCUT2D eigenvalue weighted by Crippen LogP contribution is 2.28. The number of carbonyl (C=O) groups is 1. The van der Waals surface area contributed by atoms with Crippen LogP contribution in [0.25, 0.3) is 0 Å². The van der Waals surface area contributed by atoms with E-state index in [1.165, 1.54) is 18.2 Å². The molecule has 0 saturated heterocycles. The molecule has 1 heterocycles. The van der Waals surface area contributed by atoms with E-state index >= 15 is 0 Å². The minimum absolute atomic E-state index is 0.148. The third kappa shape index (κ3) is 3.95. The van der Waals surface area contributed by atoms with Crippen LogP contribution < -0.4 is 5.32 Å². The fourth-order valence-corrected chi connectivity index (χ4v) is 1.67. The van der Waals surface area contributed by atoms with E-state index in [1.54, 1.807) is 12.1 Å². The summed E-state index contributed by atoms with van der Waals surface area (Å²) in [7, 11) is 0.